The van der Waals surface area contributed by atoms with Gasteiger partial charge in [-0.25, -0.2) is 9.78 Å². The molecule has 0 aliphatic heterocycles. The van der Waals surface area contributed by atoms with Gasteiger partial charge in [0.1, 0.15) is 0 Å². The molecule has 1 heterocycles. The number of carbonyl (C=O) groups is 2. The van der Waals surface area contributed by atoms with E-state index in [-0.39, 0.29) is 12.4 Å². The third kappa shape index (κ3) is 4.03. The molecule has 0 aliphatic rings. The number of aromatic nitrogens is 1. The second kappa shape index (κ2) is 8.25. The lowest BCUT2D eigenvalue weighted by Gasteiger charge is -2.11. The van der Waals surface area contributed by atoms with Gasteiger partial charge < -0.3 is 4.74 Å². The lowest BCUT2D eigenvalue weighted by molar-refractivity contribution is 0.0476. The number of pyridine rings is 1. The number of esters is 1. The van der Waals surface area contributed by atoms with Crippen LogP contribution in [-0.2, 0) is 4.74 Å². The fourth-order valence-electron chi connectivity index (χ4n) is 3.06. The lowest BCUT2D eigenvalue weighted by Crippen LogP contribution is -2.15. The van der Waals surface area contributed by atoms with E-state index in [9.17, 15) is 9.59 Å². The molecule has 0 amide bonds. The summed E-state index contributed by atoms with van der Waals surface area (Å²) < 4.78 is 5.32. The smallest absolute Gasteiger partial charge is 0.339 e. The Morgan fingerprint density at radius 3 is 2.28 bits per heavy atom. The normalized spacial score (nSPS) is 10.7. The molecule has 29 heavy (non-hydrogen) atoms. The first kappa shape index (κ1) is 18.8. The average Bonchev–Trinajstić information content (AvgIpc) is 2.78. The molecule has 142 valence electrons. The molecule has 0 radical (unpaired) electrons. The van der Waals surface area contributed by atoms with Gasteiger partial charge in [-0.1, -0.05) is 84.4 Å². The highest BCUT2D eigenvalue weighted by molar-refractivity contribution is 6.35. The van der Waals surface area contributed by atoms with Crippen LogP contribution in [0.1, 0.15) is 20.7 Å². The largest absolute Gasteiger partial charge is 0.454 e. The first-order valence-electron chi connectivity index (χ1n) is 9.03. The minimum absolute atomic E-state index is 0.265. The van der Waals surface area contributed by atoms with E-state index in [0.29, 0.717) is 32.7 Å². The predicted molar refractivity (Wildman–Crippen MR) is 113 cm³/mol. The van der Waals surface area contributed by atoms with Crippen LogP contribution in [0.3, 0.4) is 0 Å². The highest BCUT2D eigenvalue weighted by Crippen LogP contribution is 2.29. The zero-order chi connectivity index (χ0) is 20.2. The number of benzene rings is 3. The number of carbonyl (C=O) groups excluding carboxylic acids is 2. The molecule has 3 aromatic carbocycles. The van der Waals surface area contributed by atoms with E-state index in [1.165, 1.54) is 0 Å². The highest BCUT2D eigenvalue weighted by Gasteiger charge is 2.18. The van der Waals surface area contributed by atoms with Gasteiger partial charge in [0.15, 0.2) is 12.4 Å². The molecule has 0 saturated heterocycles. The monoisotopic (exact) mass is 401 g/mol. The van der Waals surface area contributed by atoms with Crippen molar-refractivity contribution in [1.29, 1.82) is 0 Å². The Morgan fingerprint density at radius 2 is 1.55 bits per heavy atom. The topological polar surface area (TPSA) is 56.3 Å². The van der Waals surface area contributed by atoms with E-state index >= 15 is 0 Å². The van der Waals surface area contributed by atoms with Gasteiger partial charge in [-0.3, -0.25) is 4.79 Å². The number of nitrogens with zero attached hydrogens (tertiary/aromatic N) is 1. The highest BCUT2D eigenvalue weighted by atomic mass is 35.5. The minimum atomic E-state index is -0.596. The summed E-state index contributed by atoms with van der Waals surface area (Å²) in [5.74, 6) is -0.861. The number of para-hydroxylation sites is 1. The van der Waals surface area contributed by atoms with Crippen LogP contribution in [-0.4, -0.2) is 23.3 Å². The van der Waals surface area contributed by atoms with Crippen LogP contribution in [0.5, 0.6) is 0 Å². The van der Waals surface area contributed by atoms with Crippen molar-refractivity contribution in [3.05, 3.63) is 101 Å². The Morgan fingerprint density at radius 1 is 0.862 bits per heavy atom. The standard InChI is InChI=1S/C24H16ClNO3/c25-20-13-7-12-18-19(14-21(26-23(18)20)16-8-3-1-4-9-16)24(28)29-15-22(27)17-10-5-2-6-11-17/h1-14H,15H2. The van der Waals surface area contributed by atoms with E-state index < -0.39 is 5.97 Å². The maximum absolute atomic E-state index is 12.8. The summed E-state index contributed by atoms with van der Waals surface area (Å²) in [6, 6.07) is 25.1. The lowest BCUT2D eigenvalue weighted by atomic mass is 10.0. The predicted octanol–water partition coefficient (Wildman–Crippen LogP) is 5.59. The van der Waals surface area contributed by atoms with Gasteiger partial charge in [-0.05, 0) is 12.1 Å². The quantitative estimate of drug-likeness (QED) is 0.323. The summed E-state index contributed by atoms with van der Waals surface area (Å²) in [5.41, 5.74) is 2.78. The van der Waals surface area contributed by atoms with Crippen LogP contribution in [0.15, 0.2) is 84.9 Å². The first-order valence-corrected chi connectivity index (χ1v) is 9.41. The summed E-state index contributed by atoms with van der Waals surface area (Å²) in [5, 5.41) is 1.02. The molecule has 0 atom stereocenters. The molecule has 0 fully saturated rings. The SMILES string of the molecule is O=C(COC(=O)c1cc(-c2ccccc2)nc2c(Cl)cccc12)c1ccccc1. The van der Waals surface area contributed by atoms with Gasteiger partial charge in [-0.2, -0.15) is 0 Å². The number of halogens is 1. The van der Waals surface area contributed by atoms with Crippen LogP contribution >= 0.6 is 11.6 Å². The molecule has 0 saturated carbocycles. The molecule has 0 N–H and O–H groups in total. The summed E-state index contributed by atoms with van der Waals surface area (Å²) in [7, 11) is 0. The minimum Gasteiger partial charge on any atom is -0.454 e. The van der Waals surface area contributed by atoms with E-state index in [1.807, 2.05) is 36.4 Å². The average molecular weight is 402 g/mol. The second-order valence-corrected chi connectivity index (χ2v) is 6.83. The molecule has 0 unspecified atom stereocenters. The summed E-state index contributed by atoms with van der Waals surface area (Å²) in [6.07, 6.45) is 0. The van der Waals surface area contributed by atoms with E-state index in [1.54, 1.807) is 48.5 Å². The zero-order valence-electron chi connectivity index (χ0n) is 15.3. The second-order valence-electron chi connectivity index (χ2n) is 6.42. The van der Waals surface area contributed by atoms with Crippen molar-refractivity contribution in [1.82, 2.24) is 4.98 Å². The van der Waals surface area contributed by atoms with Gasteiger partial charge in [0.05, 0.1) is 21.8 Å². The molecule has 4 nitrogen and oxygen atoms in total. The number of hydrogen-bond acceptors (Lipinski definition) is 4. The number of Topliss-reactive ketones (excluding diaryl/α,β-unsaturated/α-hetero) is 1. The maximum atomic E-state index is 12.8. The van der Waals surface area contributed by atoms with Gasteiger partial charge in [0.25, 0.3) is 0 Å². The molecular weight excluding hydrogens is 386 g/mol. The van der Waals surface area contributed by atoms with Crippen molar-refractivity contribution in [2.45, 2.75) is 0 Å². The summed E-state index contributed by atoms with van der Waals surface area (Å²) in [4.78, 5) is 29.7. The number of ketones is 1. The van der Waals surface area contributed by atoms with Crippen molar-refractivity contribution in [3.63, 3.8) is 0 Å². The molecule has 4 aromatic rings. The number of fused-ring (bicyclic) bond motifs is 1. The zero-order valence-corrected chi connectivity index (χ0v) is 16.1. The van der Waals surface area contributed by atoms with Gasteiger partial charge >= 0.3 is 5.97 Å². The first-order chi connectivity index (χ1) is 14.1. The summed E-state index contributed by atoms with van der Waals surface area (Å²) >= 11 is 6.33. The van der Waals surface area contributed by atoms with E-state index in [2.05, 4.69) is 4.98 Å². The van der Waals surface area contributed by atoms with E-state index in [4.69, 9.17) is 16.3 Å². The molecule has 5 heteroatoms. The van der Waals surface area contributed by atoms with Crippen LogP contribution in [0.4, 0.5) is 0 Å². The fraction of sp³-hybridized carbons (Fsp3) is 0.0417. The molecule has 0 spiro atoms. The Bertz CT molecular complexity index is 1190. The Hall–Kier alpha value is -3.50. The number of hydrogen-bond donors (Lipinski definition) is 0. The van der Waals surface area contributed by atoms with Crippen LogP contribution in [0.25, 0.3) is 22.2 Å². The Kier molecular flexibility index (Phi) is 5.36. The van der Waals surface area contributed by atoms with Crippen LogP contribution in [0, 0.1) is 0 Å². The van der Waals surface area contributed by atoms with Crippen molar-refractivity contribution in [2.75, 3.05) is 6.61 Å². The third-order valence-corrected chi connectivity index (χ3v) is 4.81. The van der Waals surface area contributed by atoms with Crippen LogP contribution < -0.4 is 0 Å². The fourth-order valence-corrected chi connectivity index (χ4v) is 3.27. The van der Waals surface area contributed by atoms with E-state index in [0.717, 1.165) is 5.56 Å². The molecular formula is C24H16ClNO3. The molecule has 4 rings (SSSR count). The van der Waals surface area contributed by atoms with Crippen molar-refractivity contribution >= 4 is 34.3 Å². The van der Waals surface area contributed by atoms with Gasteiger partial charge in [0.2, 0.25) is 0 Å². The van der Waals surface area contributed by atoms with Crippen LogP contribution in [0.2, 0.25) is 5.02 Å². The van der Waals surface area contributed by atoms with Crippen molar-refractivity contribution in [3.8, 4) is 11.3 Å². The van der Waals surface area contributed by atoms with Gasteiger partial charge in [0, 0.05) is 16.5 Å². The third-order valence-electron chi connectivity index (χ3n) is 4.51. The molecule has 1 aromatic heterocycles. The number of rotatable bonds is 5. The summed E-state index contributed by atoms with van der Waals surface area (Å²) in [6.45, 7) is -0.339. The molecule has 0 bridgehead atoms. The van der Waals surface area contributed by atoms with Crippen molar-refractivity contribution in [2.24, 2.45) is 0 Å². The number of ether oxygens (including phenoxy) is 1. The van der Waals surface area contributed by atoms with Crippen molar-refractivity contribution < 1.29 is 14.3 Å². The maximum Gasteiger partial charge on any atom is 0.339 e. The Balaban J connectivity index is 1.69. The van der Waals surface area contributed by atoms with Gasteiger partial charge in [-0.15, -0.1) is 0 Å². The molecule has 0 aliphatic carbocycles. The Labute approximate surface area is 172 Å².